The van der Waals surface area contributed by atoms with Gasteiger partial charge in [-0.2, -0.15) is 0 Å². The van der Waals surface area contributed by atoms with Gasteiger partial charge < -0.3 is 60.5 Å². The van der Waals surface area contributed by atoms with Crippen molar-refractivity contribution in [1.29, 1.82) is 0 Å². The molecule has 2 fully saturated rings. The highest BCUT2D eigenvalue weighted by molar-refractivity contribution is 6.32. The van der Waals surface area contributed by atoms with Crippen LogP contribution in [0.25, 0.3) is 6.08 Å². The summed E-state index contributed by atoms with van der Waals surface area (Å²) in [6, 6.07) is 13.9. The van der Waals surface area contributed by atoms with Crippen molar-refractivity contribution in [2.75, 3.05) is 24.8 Å². The number of aliphatic hydroxyl groups is 6. The Balaban J connectivity index is 1.30. The summed E-state index contributed by atoms with van der Waals surface area (Å²) in [4.78, 5) is 38.8. The highest BCUT2D eigenvalue weighted by Crippen LogP contribution is 2.67. The summed E-state index contributed by atoms with van der Waals surface area (Å²) < 4.78 is 11.0. The average Bonchev–Trinajstić information content (AvgIpc) is 3.98. The first kappa shape index (κ1) is 44.0. The van der Waals surface area contributed by atoms with Gasteiger partial charge in [0.05, 0.1) is 18.0 Å². The molecule has 1 saturated carbocycles. The molecule has 3 aliphatic heterocycles. The van der Waals surface area contributed by atoms with E-state index in [1.165, 1.54) is 24.3 Å². The van der Waals surface area contributed by atoms with Gasteiger partial charge in [-0.15, -0.1) is 0 Å². The van der Waals surface area contributed by atoms with Crippen LogP contribution in [0.2, 0.25) is 0 Å². The SMILES string of the molecule is O=C(/C=C/c1ccc(O)c(CC2=NCN=C2)c1)N1c2cc(O[C@]3(O)O[C@H](CO)[C@@H](O)[C@H](O)[C@H]3O)c(O)cc2[C@H]2[C@H](C3(c4ccccc4O)CCCCC3)C(CCCO)=C[C@]21C(=O)O. The van der Waals surface area contributed by atoms with Gasteiger partial charge in [-0.05, 0) is 79.1 Å². The van der Waals surface area contributed by atoms with Crippen LogP contribution in [0.5, 0.6) is 23.0 Å². The van der Waals surface area contributed by atoms with Crippen LogP contribution in [0, 0.1) is 5.92 Å². The van der Waals surface area contributed by atoms with Gasteiger partial charge in [0.25, 0.3) is 5.91 Å². The third-order valence-corrected chi connectivity index (χ3v) is 13.3. The van der Waals surface area contributed by atoms with E-state index in [2.05, 4.69) is 9.98 Å². The number of fused-ring (bicyclic) bond motifs is 3. The maximum Gasteiger partial charge on any atom is 0.355 e. The minimum absolute atomic E-state index is 0.00495. The summed E-state index contributed by atoms with van der Waals surface area (Å²) in [7, 11) is 0. The number of anilines is 1. The highest BCUT2D eigenvalue weighted by atomic mass is 16.8. The van der Waals surface area contributed by atoms with E-state index in [0.29, 0.717) is 40.8 Å². The lowest BCUT2D eigenvalue weighted by atomic mass is 9.56. The number of allylic oxidation sites excluding steroid dienone is 1. The molecule has 3 aromatic rings. The number of aliphatic hydroxyl groups excluding tert-OH is 5. The first-order chi connectivity index (χ1) is 30.2. The van der Waals surface area contributed by atoms with E-state index in [1.807, 2.05) is 6.07 Å². The standard InChI is InChI=1S/C46H51N3O14/c50-16-6-7-26-21-45(43(59)60)39(38(26)44(14-4-1-5-15-44)30-8-2-3-9-33(30)53)29-19-34(54)35(62-46(61)42(58)41(57)40(56)36(23-51)63-46)20-31(29)49(45)37(55)13-11-25-10-12-32(52)27(17-25)18-28-22-47-24-48-28/h2-3,8-13,17,19-22,36,38-42,50-54,56-58,61H,1,4-7,14-16,18,23-24H2,(H,59,60)/b13-11+/t36-,38-,39+,40-,41+,42-,45-,46+/m1/s1. The van der Waals surface area contributed by atoms with Gasteiger partial charge in [-0.3, -0.25) is 19.7 Å². The Bertz CT molecular complexity index is 2390. The molecular formula is C46H51N3O14. The number of amides is 1. The number of nitrogens with zero attached hydrogens (tertiary/aromatic N) is 3. The second kappa shape index (κ2) is 17.1. The van der Waals surface area contributed by atoms with Crippen molar-refractivity contribution in [3.05, 3.63) is 94.6 Å². The van der Waals surface area contributed by atoms with Crippen LogP contribution in [-0.2, 0) is 26.2 Å². The monoisotopic (exact) mass is 869 g/mol. The zero-order chi connectivity index (χ0) is 44.8. The number of benzene rings is 3. The molecule has 63 heavy (non-hydrogen) atoms. The molecule has 0 spiro atoms. The fourth-order valence-electron chi connectivity index (χ4n) is 10.5. The molecule has 17 heteroatoms. The summed E-state index contributed by atoms with van der Waals surface area (Å²) in [5.74, 6) is -8.53. The van der Waals surface area contributed by atoms with Crippen LogP contribution in [0.15, 0.2) is 82.3 Å². The third-order valence-electron chi connectivity index (χ3n) is 13.3. The van der Waals surface area contributed by atoms with E-state index in [0.717, 1.165) is 30.2 Å². The molecule has 5 aliphatic rings. The number of carbonyl (C=O) groups is 2. The lowest BCUT2D eigenvalue weighted by molar-refractivity contribution is -0.422. The quantitative estimate of drug-likeness (QED) is 0.0672. The van der Waals surface area contributed by atoms with Crippen LogP contribution in [0.3, 0.4) is 0 Å². The van der Waals surface area contributed by atoms with Crippen LogP contribution >= 0.6 is 0 Å². The normalized spacial score (nSPS) is 29.7. The third kappa shape index (κ3) is 7.46. The molecule has 3 heterocycles. The maximum absolute atomic E-state index is 15.0. The van der Waals surface area contributed by atoms with E-state index in [4.69, 9.17) is 9.47 Å². The fraction of sp³-hybridized carbons (Fsp3) is 0.435. The van der Waals surface area contributed by atoms with E-state index in [9.17, 15) is 55.9 Å². The van der Waals surface area contributed by atoms with Gasteiger partial charge in [-0.1, -0.05) is 49.1 Å². The number of phenols is 3. The number of carbonyl (C=O) groups excluding carboxylic acids is 1. The molecule has 2 aliphatic carbocycles. The number of para-hydroxylation sites is 1. The Labute approximate surface area is 361 Å². The van der Waals surface area contributed by atoms with Gasteiger partial charge in [0, 0.05) is 53.8 Å². The van der Waals surface area contributed by atoms with Gasteiger partial charge in [0.1, 0.15) is 36.5 Å². The number of carboxylic acids is 1. The van der Waals surface area contributed by atoms with E-state index < -0.39 is 83.2 Å². The van der Waals surface area contributed by atoms with Gasteiger partial charge in [0.2, 0.25) is 0 Å². The predicted molar refractivity (Wildman–Crippen MR) is 227 cm³/mol. The summed E-state index contributed by atoms with van der Waals surface area (Å²) in [5.41, 5.74) is -0.0357. The molecule has 0 unspecified atom stereocenters. The summed E-state index contributed by atoms with van der Waals surface area (Å²) in [6.07, 6.45) is 2.10. The van der Waals surface area contributed by atoms with Crippen molar-refractivity contribution in [2.24, 2.45) is 15.9 Å². The first-order valence-electron chi connectivity index (χ1n) is 21.0. The van der Waals surface area contributed by atoms with E-state index in [1.54, 1.807) is 42.6 Å². The second-order valence-corrected chi connectivity index (χ2v) is 16.9. The lowest BCUT2D eigenvalue weighted by Crippen LogP contribution is -2.67. The molecule has 1 saturated heterocycles. The number of rotatable bonds is 13. The van der Waals surface area contributed by atoms with Crippen LogP contribution in [0.1, 0.15) is 73.1 Å². The van der Waals surface area contributed by atoms with Crippen LogP contribution in [0.4, 0.5) is 5.69 Å². The molecule has 8 atom stereocenters. The first-order valence-corrected chi connectivity index (χ1v) is 21.0. The average molecular weight is 870 g/mol. The van der Waals surface area contributed by atoms with Gasteiger partial charge >= 0.3 is 11.9 Å². The van der Waals surface area contributed by atoms with Gasteiger partial charge in [-0.25, -0.2) is 4.79 Å². The second-order valence-electron chi connectivity index (χ2n) is 16.9. The van der Waals surface area contributed by atoms with Crippen molar-refractivity contribution < 1.29 is 70.1 Å². The zero-order valence-electron chi connectivity index (χ0n) is 34.2. The molecular weight excluding hydrogens is 819 g/mol. The Hall–Kier alpha value is -5.66. The lowest BCUT2D eigenvalue weighted by Gasteiger charge is -2.47. The number of carboxylic acid groups (broad SMARTS) is 1. The predicted octanol–water partition coefficient (Wildman–Crippen LogP) is 2.53. The van der Waals surface area contributed by atoms with Crippen LogP contribution < -0.4 is 9.64 Å². The number of hydrogen-bond acceptors (Lipinski definition) is 15. The molecule has 0 radical (unpaired) electrons. The number of phenolic OH excluding ortho intramolecular Hbond substituents is 3. The van der Waals surface area contributed by atoms with Crippen molar-refractivity contribution in [3.63, 3.8) is 0 Å². The van der Waals surface area contributed by atoms with Crippen molar-refractivity contribution >= 4 is 35.6 Å². The summed E-state index contributed by atoms with van der Waals surface area (Å²) in [6.45, 7) is -0.846. The summed E-state index contributed by atoms with van der Waals surface area (Å²) in [5, 5.41) is 109. The Kier molecular flexibility index (Phi) is 12.0. The van der Waals surface area contributed by atoms with Crippen molar-refractivity contribution in [2.45, 2.75) is 98.6 Å². The fourth-order valence-corrected chi connectivity index (χ4v) is 10.5. The van der Waals surface area contributed by atoms with Crippen molar-refractivity contribution in [1.82, 2.24) is 0 Å². The van der Waals surface area contributed by atoms with Crippen LogP contribution in [-0.4, -0.2) is 131 Å². The van der Waals surface area contributed by atoms with Crippen molar-refractivity contribution in [3.8, 4) is 23.0 Å². The molecule has 17 nitrogen and oxygen atoms in total. The molecule has 10 N–H and O–H groups in total. The molecule has 334 valence electrons. The number of aliphatic imine (C=N–C) groups is 2. The highest BCUT2D eigenvalue weighted by Gasteiger charge is 2.68. The Morgan fingerprint density at radius 3 is 2.37 bits per heavy atom. The largest absolute Gasteiger partial charge is 0.508 e. The number of ether oxygens (including phenoxy) is 2. The maximum atomic E-state index is 15.0. The number of hydrogen-bond donors (Lipinski definition) is 10. The van der Waals surface area contributed by atoms with E-state index in [-0.39, 0.29) is 55.3 Å². The van der Waals surface area contributed by atoms with E-state index >= 15 is 4.79 Å². The Morgan fingerprint density at radius 1 is 0.921 bits per heavy atom. The molecule has 3 aromatic carbocycles. The molecule has 1 amide bonds. The molecule has 0 bridgehead atoms. The molecule has 0 aromatic heterocycles. The van der Waals surface area contributed by atoms with Gasteiger partial charge in [0.15, 0.2) is 23.1 Å². The number of aromatic hydroxyl groups is 3. The Morgan fingerprint density at radius 2 is 1.68 bits per heavy atom. The smallest absolute Gasteiger partial charge is 0.355 e. The molecule has 8 rings (SSSR count). The topological polar surface area (TPSA) is 283 Å². The zero-order valence-corrected chi connectivity index (χ0v) is 34.2. The minimum atomic E-state index is -3.17. The minimum Gasteiger partial charge on any atom is -0.508 e. The number of aliphatic carboxylic acids is 1. The summed E-state index contributed by atoms with van der Waals surface area (Å²) >= 11 is 0.